The van der Waals surface area contributed by atoms with E-state index in [-0.39, 0.29) is 0 Å². The van der Waals surface area contributed by atoms with Gasteiger partial charge in [-0.1, -0.05) is 0 Å². The van der Waals surface area contributed by atoms with Gasteiger partial charge in [0.1, 0.15) is 0 Å². The Balaban J connectivity index is 1.77. The Bertz CT molecular complexity index is 683. The molecule has 0 radical (unpaired) electrons. The number of benzene rings is 3. The van der Waals surface area contributed by atoms with Crippen LogP contribution in [-0.4, -0.2) is 0 Å². The molecular weight excluding hydrogens is 463 g/mol. The van der Waals surface area contributed by atoms with Crippen LogP contribution in [0.2, 0.25) is 0 Å². The molecule has 0 amide bonds. The van der Waals surface area contributed by atoms with E-state index >= 15 is 0 Å². The molecule has 0 aliphatic carbocycles. The van der Waals surface area contributed by atoms with Gasteiger partial charge in [-0.3, -0.25) is 0 Å². The van der Waals surface area contributed by atoms with Gasteiger partial charge in [0, 0.05) is 0 Å². The summed E-state index contributed by atoms with van der Waals surface area (Å²) in [5.74, 6) is 2.28. The molecule has 3 rings (SSSR count). The van der Waals surface area contributed by atoms with Crippen LogP contribution >= 0.6 is 0 Å². The van der Waals surface area contributed by atoms with E-state index in [1.165, 1.54) is 16.7 Å². The molecule has 0 aliphatic rings. The molecule has 0 aromatic heterocycles. The summed E-state index contributed by atoms with van der Waals surface area (Å²) < 4.78 is 18.2. The molecule has 0 unspecified atom stereocenters. The van der Waals surface area contributed by atoms with Gasteiger partial charge in [0.25, 0.3) is 0 Å². The molecule has 0 fully saturated rings. The van der Waals surface area contributed by atoms with Crippen molar-refractivity contribution in [3.63, 3.8) is 0 Å². The normalized spacial score (nSPS) is 10.9. The van der Waals surface area contributed by atoms with Crippen molar-refractivity contribution in [2.75, 3.05) is 0 Å². The van der Waals surface area contributed by atoms with Gasteiger partial charge in [0.2, 0.25) is 0 Å². The van der Waals surface area contributed by atoms with E-state index in [4.69, 9.17) is 4.17 Å². The molecule has 0 spiro atoms. The van der Waals surface area contributed by atoms with E-state index in [1.54, 1.807) is 0 Å². The standard InChI is InChI=1S/3C7H8O.Dy/c3*1-6-2-4-7(8)5-3-6;/h3*2-5,8H,1H3;/q;;;+3/p-3. The first-order valence-corrected chi connectivity index (χ1v) is 10.4. The third kappa shape index (κ3) is 5.68. The minimum absolute atomic E-state index is 0.760. The van der Waals surface area contributed by atoms with Crippen LogP contribution in [0.5, 0.6) is 17.2 Å². The van der Waals surface area contributed by atoms with Gasteiger partial charge in [0.05, 0.1) is 0 Å². The molecule has 3 aromatic carbocycles. The Morgan fingerprint density at radius 2 is 0.680 bits per heavy atom. The molecule has 0 N–H and O–H groups in total. The number of rotatable bonds is 6. The SMILES string of the molecule is Cc1ccc([O][Dy]([O]c2ccc(C)cc2)[O]c2ccc(C)cc2)cc1. The Kier molecular flexibility index (Phi) is 6.25. The second-order valence-electron chi connectivity index (χ2n) is 5.79. The Labute approximate surface area is 164 Å². The molecule has 25 heavy (non-hydrogen) atoms. The van der Waals surface area contributed by atoms with Crippen molar-refractivity contribution < 1.29 is 38.1 Å². The Morgan fingerprint density at radius 1 is 0.440 bits per heavy atom. The number of aryl methyl sites for hydroxylation is 3. The molecule has 0 heterocycles. The van der Waals surface area contributed by atoms with E-state index < -0.39 is 34.0 Å². The van der Waals surface area contributed by atoms with E-state index in [1.807, 2.05) is 93.6 Å². The monoisotopic (exact) mass is 485 g/mol. The van der Waals surface area contributed by atoms with Crippen molar-refractivity contribution >= 4 is 0 Å². The van der Waals surface area contributed by atoms with Crippen LogP contribution in [0.1, 0.15) is 16.7 Å². The molecule has 0 saturated carbocycles. The fourth-order valence-corrected chi connectivity index (χ4v) is 4.22. The zero-order chi connectivity index (χ0) is 17.6. The second-order valence-corrected chi connectivity index (χ2v) is 8.05. The molecule has 3 aromatic rings. The fourth-order valence-electron chi connectivity index (χ4n) is 1.97. The summed E-state index contributed by atoms with van der Waals surface area (Å²) in [5, 5.41) is 0. The first-order valence-electron chi connectivity index (χ1n) is 7.96. The van der Waals surface area contributed by atoms with Gasteiger partial charge in [-0.05, 0) is 0 Å². The average molecular weight is 484 g/mol. The molecule has 0 saturated heterocycles. The summed E-state index contributed by atoms with van der Waals surface area (Å²) in [5.41, 5.74) is 3.56. The summed E-state index contributed by atoms with van der Waals surface area (Å²) in [4.78, 5) is 0. The van der Waals surface area contributed by atoms with Gasteiger partial charge in [0.15, 0.2) is 0 Å². The van der Waals surface area contributed by atoms with Crippen LogP contribution in [0.3, 0.4) is 0 Å². The number of hydrogen-bond donors (Lipinski definition) is 0. The van der Waals surface area contributed by atoms with Gasteiger partial charge in [-0.25, -0.2) is 0 Å². The van der Waals surface area contributed by atoms with Crippen molar-refractivity contribution in [3.8, 4) is 17.2 Å². The molecule has 4 heteroatoms. The van der Waals surface area contributed by atoms with Crippen LogP contribution in [0, 0.1) is 54.7 Å². The molecule has 3 nitrogen and oxygen atoms in total. The zero-order valence-electron chi connectivity index (χ0n) is 14.5. The summed E-state index contributed by atoms with van der Waals surface area (Å²) >= 11 is -2.67. The van der Waals surface area contributed by atoms with Gasteiger partial charge >= 0.3 is 166 Å². The second kappa shape index (κ2) is 8.62. The Hall–Kier alpha value is -1.67. The topological polar surface area (TPSA) is 27.7 Å². The third-order valence-corrected chi connectivity index (χ3v) is 5.89. The van der Waals surface area contributed by atoms with E-state index in [0.717, 1.165) is 17.2 Å². The van der Waals surface area contributed by atoms with Crippen LogP contribution in [0.25, 0.3) is 0 Å². The fraction of sp³-hybridized carbons (Fsp3) is 0.143. The third-order valence-electron chi connectivity index (χ3n) is 3.44. The van der Waals surface area contributed by atoms with Crippen molar-refractivity contribution in [2.24, 2.45) is 0 Å². The number of hydrogen-bond acceptors (Lipinski definition) is 3. The average Bonchev–Trinajstić information content (AvgIpc) is 2.61. The predicted octanol–water partition coefficient (Wildman–Crippen LogP) is 5.51. The van der Waals surface area contributed by atoms with Crippen LogP contribution in [0.4, 0.5) is 0 Å². The zero-order valence-corrected chi connectivity index (χ0v) is 16.5. The first-order chi connectivity index (χ1) is 12.1. The maximum atomic E-state index is 6.05. The molecule has 0 bridgehead atoms. The van der Waals surface area contributed by atoms with E-state index in [9.17, 15) is 0 Å². The van der Waals surface area contributed by atoms with Crippen molar-refractivity contribution in [3.05, 3.63) is 89.5 Å². The van der Waals surface area contributed by atoms with Gasteiger partial charge < -0.3 is 0 Å². The van der Waals surface area contributed by atoms with Crippen LogP contribution < -0.4 is 4.17 Å². The summed E-state index contributed by atoms with van der Waals surface area (Å²) in [6, 6.07) is 23.7. The quantitative estimate of drug-likeness (QED) is 0.462. The van der Waals surface area contributed by atoms with Crippen LogP contribution in [0.15, 0.2) is 72.8 Å². The van der Waals surface area contributed by atoms with Gasteiger partial charge in [-0.15, -0.1) is 0 Å². The predicted molar refractivity (Wildman–Crippen MR) is 95.4 cm³/mol. The van der Waals surface area contributed by atoms with E-state index in [2.05, 4.69) is 0 Å². The van der Waals surface area contributed by atoms with Crippen molar-refractivity contribution in [1.82, 2.24) is 0 Å². The first kappa shape index (κ1) is 18.1. The minimum atomic E-state index is -2.67. The summed E-state index contributed by atoms with van der Waals surface area (Å²) in [6.07, 6.45) is 0. The van der Waals surface area contributed by atoms with Crippen molar-refractivity contribution in [2.45, 2.75) is 20.8 Å². The molecule has 133 valence electrons. The Morgan fingerprint density at radius 3 is 0.920 bits per heavy atom. The molecule has 0 aliphatic heterocycles. The van der Waals surface area contributed by atoms with Gasteiger partial charge in [-0.2, -0.15) is 0 Å². The molecular formula is C21H21DyO3. The maximum absolute atomic E-state index is 6.05. The molecule has 0 atom stereocenters. The van der Waals surface area contributed by atoms with E-state index in [0.29, 0.717) is 0 Å². The van der Waals surface area contributed by atoms with Crippen molar-refractivity contribution in [1.29, 1.82) is 0 Å². The summed E-state index contributed by atoms with van der Waals surface area (Å²) in [6.45, 7) is 6.14. The summed E-state index contributed by atoms with van der Waals surface area (Å²) in [7, 11) is 0. The van der Waals surface area contributed by atoms with Crippen LogP contribution in [-0.2, 0) is 0 Å².